The summed E-state index contributed by atoms with van der Waals surface area (Å²) in [5.74, 6) is -0.310. The first-order valence-corrected chi connectivity index (χ1v) is 7.22. The Morgan fingerprint density at radius 3 is 2.46 bits per heavy atom. The summed E-state index contributed by atoms with van der Waals surface area (Å²) >= 11 is 0. The van der Waals surface area contributed by atoms with E-state index in [0.29, 0.717) is 17.2 Å². The van der Waals surface area contributed by atoms with E-state index in [1.54, 1.807) is 24.3 Å². The van der Waals surface area contributed by atoms with Crippen LogP contribution in [0.15, 0.2) is 84.3 Å². The Hall–Kier alpha value is -3.47. The lowest BCUT2D eigenvalue weighted by Gasteiger charge is -2.19. The van der Waals surface area contributed by atoms with Gasteiger partial charge in [0.15, 0.2) is 11.5 Å². The van der Waals surface area contributed by atoms with Crippen molar-refractivity contribution in [2.45, 2.75) is 0 Å². The van der Waals surface area contributed by atoms with Gasteiger partial charge in [0.1, 0.15) is 11.5 Å². The van der Waals surface area contributed by atoms with E-state index in [1.165, 1.54) is 0 Å². The number of benzene rings is 2. The molecule has 0 atom stereocenters. The molecular weight excluding hydrogens is 306 g/mol. The zero-order valence-corrected chi connectivity index (χ0v) is 12.7. The van der Waals surface area contributed by atoms with Crippen molar-refractivity contribution in [3.8, 4) is 11.5 Å². The second kappa shape index (κ2) is 6.34. The Morgan fingerprint density at radius 1 is 1.04 bits per heavy atom. The molecule has 0 aliphatic carbocycles. The maximum Gasteiger partial charge on any atom is 0.356 e. The third-order valence-corrected chi connectivity index (χ3v) is 3.46. The quantitative estimate of drug-likeness (QED) is 0.797. The van der Waals surface area contributed by atoms with E-state index in [-0.39, 0.29) is 17.0 Å². The van der Waals surface area contributed by atoms with Gasteiger partial charge in [-0.05, 0) is 30.3 Å². The molecule has 0 aromatic heterocycles. The highest BCUT2D eigenvalue weighted by atomic mass is 16.5. The number of nitrogens with one attached hydrogen (secondary N) is 1. The van der Waals surface area contributed by atoms with Crippen molar-refractivity contribution < 1.29 is 19.7 Å². The van der Waals surface area contributed by atoms with Crippen molar-refractivity contribution in [2.75, 3.05) is 0 Å². The van der Waals surface area contributed by atoms with Gasteiger partial charge in [-0.1, -0.05) is 36.9 Å². The SMILES string of the molecule is C=C1C=C(c2cccc(Oc3ccccc3)c2)NC(C(=O)O)=C1O. The molecule has 0 unspecified atom stereocenters. The predicted octanol–water partition coefficient (Wildman–Crippen LogP) is 3.83. The summed E-state index contributed by atoms with van der Waals surface area (Å²) in [5.41, 5.74) is 1.17. The molecule has 0 saturated carbocycles. The van der Waals surface area contributed by atoms with Gasteiger partial charge in [-0.2, -0.15) is 0 Å². The van der Waals surface area contributed by atoms with Crippen molar-refractivity contribution in [3.63, 3.8) is 0 Å². The van der Waals surface area contributed by atoms with Gasteiger partial charge in [0.2, 0.25) is 0 Å². The minimum atomic E-state index is -1.25. The number of para-hydroxylation sites is 1. The Kier molecular flexibility index (Phi) is 4.07. The molecule has 0 saturated heterocycles. The molecule has 2 aromatic rings. The van der Waals surface area contributed by atoms with E-state index in [1.807, 2.05) is 36.4 Å². The highest BCUT2D eigenvalue weighted by molar-refractivity contribution is 5.92. The van der Waals surface area contributed by atoms with Crippen LogP contribution in [0.4, 0.5) is 0 Å². The minimum Gasteiger partial charge on any atom is -0.505 e. The Labute approximate surface area is 138 Å². The second-order valence-electron chi connectivity index (χ2n) is 5.18. The molecule has 1 heterocycles. The van der Waals surface area contributed by atoms with Gasteiger partial charge in [0.05, 0.1) is 0 Å². The molecule has 0 spiro atoms. The number of rotatable bonds is 4. The van der Waals surface area contributed by atoms with Gasteiger partial charge in [0, 0.05) is 16.8 Å². The van der Waals surface area contributed by atoms with Crippen LogP contribution < -0.4 is 10.1 Å². The third-order valence-electron chi connectivity index (χ3n) is 3.46. The lowest BCUT2D eigenvalue weighted by molar-refractivity contribution is -0.133. The van der Waals surface area contributed by atoms with Gasteiger partial charge in [-0.3, -0.25) is 0 Å². The Bertz CT molecular complexity index is 866. The van der Waals surface area contributed by atoms with Crippen LogP contribution in [0.5, 0.6) is 11.5 Å². The number of ether oxygens (including phenoxy) is 1. The van der Waals surface area contributed by atoms with Crippen molar-refractivity contribution in [1.82, 2.24) is 5.32 Å². The summed E-state index contributed by atoms with van der Waals surface area (Å²) in [5, 5.41) is 21.7. The van der Waals surface area contributed by atoms with Gasteiger partial charge in [-0.25, -0.2) is 4.79 Å². The van der Waals surface area contributed by atoms with Crippen LogP contribution in [-0.2, 0) is 4.79 Å². The summed E-state index contributed by atoms with van der Waals surface area (Å²) in [6, 6.07) is 16.5. The fourth-order valence-corrected chi connectivity index (χ4v) is 2.30. The van der Waals surface area contributed by atoms with E-state index in [4.69, 9.17) is 9.84 Å². The molecule has 0 radical (unpaired) electrons. The Morgan fingerprint density at radius 2 is 1.75 bits per heavy atom. The molecule has 3 N–H and O–H groups in total. The van der Waals surface area contributed by atoms with Crippen molar-refractivity contribution in [2.24, 2.45) is 0 Å². The molecule has 1 aliphatic heterocycles. The summed E-state index contributed by atoms with van der Waals surface area (Å²) in [6.45, 7) is 3.67. The summed E-state index contributed by atoms with van der Waals surface area (Å²) in [6.07, 6.45) is 1.59. The van der Waals surface area contributed by atoms with Crippen LogP contribution in [0.2, 0.25) is 0 Å². The standard InChI is InChI=1S/C19H15NO4/c1-12-10-16(20-17(18(12)21)19(22)23)13-6-5-9-15(11-13)24-14-7-3-2-4-8-14/h2-11,20-21H,1H2,(H,22,23). The lowest BCUT2D eigenvalue weighted by Crippen LogP contribution is -2.24. The van der Waals surface area contributed by atoms with E-state index >= 15 is 0 Å². The van der Waals surface area contributed by atoms with E-state index in [9.17, 15) is 9.90 Å². The predicted molar refractivity (Wildman–Crippen MR) is 90.5 cm³/mol. The van der Waals surface area contributed by atoms with Crippen LogP contribution in [-0.4, -0.2) is 16.2 Å². The second-order valence-corrected chi connectivity index (χ2v) is 5.18. The van der Waals surface area contributed by atoms with Crippen molar-refractivity contribution in [3.05, 3.63) is 89.8 Å². The molecule has 5 heteroatoms. The van der Waals surface area contributed by atoms with Crippen LogP contribution >= 0.6 is 0 Å². The lowest BCUT2D eigenvalue weighted by atomic mass is 10.0. The van der Waals surface area contributed by atoms with E-state index in [0.717, 1.165) is 5.56 Å². The van der Waals surface area contributed by atoms with Gasteiger partial charge in [0.25, 0.3) is 0 Å². The molecule has 2 aromatic carbocycles. The molecule has 1 aliphatic rings. The minimum absolute atomic E-state index is 0.232. The first kappa shape index (κ1) is 15.4. The molecule has 0 bridgehead atoms. The van der Waals surface area contributed by atoms with Gasteiger partial charge in [-0.15, -0.1) is 0 Å². The number of aliphatic hydroxyl groups is 1. The van der Waals surface area contributed by atoms with Crippen molar-refractivity contribution in [1.29, 1.82) is 0 Å². The van der Waals surface area contributed by atoms with Crippen LogP contribution in [0.3, 0.4) is 0 Å². The summed E-state index contributed by atoms with van der Waals surface area (Å²) < 4.78 is 5.78. The maximum absolute atomic E-state index is 11.2. The first-order valence-electron chi connectivity index (χ1n) is 7.22. The van der Waals surface area contributed by atoms with Gasteiger partial charge < -0.3 is 20.3 Å². The number of hydrogen-bond donors (Lipinski definition) is 3. The molecule has 3 rings (SSSR count). The number of carboxylic acid groups (broad SMARTS) is 1. The highest BCUT2D eigenvalue weighted by Gasteiger charge is 2.22. The monoisotopic (exact) mass is 321 g/mol. The average Bonchev–Trinajstić information content (AvgIpc) is 2.58. The van der Waals surface area contributed by atoms with Gasteiger partial charge >= 0.3 is 5.97 Å². The number of aliphatic carboxylic acids is 1. The summed E-state index contributed by atoms with van der Waals surface area (Å²) in [4.78, 5) is 11.2. The largest absolute Gasteiger partial charge is 0.505 e. The molecule has 0 amide bonds. The highest BCUT2D eigenvalue weighted by Crippen LogP contribution is 2.28. The number of carboxylic acids is 1. The number of allylic oxidation sites excluding steroid dienone is 1. The zero-order chi connectivity index (χ0) is 17.1. The average molecular weight is 321 g/mol. The number of hydrogen-bond acceptors (Lipinski definition) is 4. The fraction of sp³-hybridized carbons (Fsp3) is 0. The Balaban J connectivity index is 1.88. The third kappa shape index (κ3) is 3.15. The topological polar surface area (TPSA) is 78.8 Å². The van der Waals surface area contributed by atoms with Crippen LogP contribution in [0, 0.1) is 0 Å². The normalized spacial score (nSPS) is 14.0. The zero-order valence-electron chi connectivity index (χ0n) is 12.7. The van der Waals surface area contributed by atoms with E-state index in [2.05, 4.69) is 11.9 Å². The smallest absolute Gasteiger partial charge is 0.356 e. The van der Waals surface area contributed by atoms with Crippen LogP contribution in [0.1, 0.15) is 5.56 Å². The molecule has 0 fully saturated rings. The van der Waals surface area contributed by atoms with E-state index < -0.39 is 5.97 Å². The number of dihydropyridines is 1. The maximum atomic E-state index is 11.2. The first-order chi connectivity index (χ1) is 11.5. The van der Waals surface area contributed by atoms with Crippen molar-refractivity contribution >= 4 is 11.7 Å². The number of carbonyl (C=O) groups is 1. The summed E-state index contributed by atoms with van der Waals surface area (Å²) in [7, 11) is 0. The number of aliphatic hydroxyl groups excluding tert-OH is 1. The molecule has 24 heavy (non-hydrogen) atoms. The molecular formula is C19H15NO4. The molecule has 5 nitrogen and oxygen atoms in total. The van der Waals surface area contributed by atoms with Crippen LogP contribution in [0.25, 0.3) is 5.70 Å². The fourth-order valence-electron chi connectivity index (χ4n) is 2.30. The molecule has 120 valence electrons.